The van der Waals surface area contributed by atoms with Gasteiger partial charge < -0.3 is 9.57 Å². The standard InChI is InChI=1S/C11H17NO4/c1-8-5-6-9(13)12(8)16-10(14)7-15-11(2,3)4/h1,5-7H2,2-4H3. The van der Waals surface area contributed by atoms with Crippen LogP contribution in [0.4, 0.5) is 0 Å². The average Bonchev–Trinajstić information content (AvgIpc) is 2.45. The molecule has 0 unspecified atom stereocenters. The summed E-state index contributed by atoms with van der Waals surface area (Å²) in [5.74, 6) is -0.833. The first-order chi connectivity index (χ1) is 7.29. The Morgan fingerprint density at radius 1 is 1.44 bits per heavy atom. The summed E-state index contributed by atoms with van der Waals surface area (Å²) in [6.45, 7) is 8.96. The maximum Gasteiger partial charge on any atom is 0.358 e. The van der Waals surface area contributed by atoms with Crippen LogP contribution in [0, 0.1) is 0 Å². The van der Waals surface area contributed by atoms with E-state index in [0.29, 0.717) is 18.5 Å². The summed E-state index contributed by atoms with van der Waals surface area (Å²) in [5.41, 5.74) is 0.0968. The summed E-state index contributed by atoms with van der Waals surface area (Å²) < 4.78 is 5.23. The van der Waals surface area contributed by atoms with Gasteiger partial charge in [-0.3, -0.25) is 4.79 Å². The van der Waals surface area contributed by atoms with Gasteiger partial charge >= 0.3 is 5.97 Å². The molecule has 16 heavy (non-hydrogen) atoms. The Hall–Kier alpha value is -1.36. The largest absolute Gasteiger partial charge is 0.364 e. The van der Waals surface area contributed by atoms with Gasteiger partial charge in [0.15, 0.2) is 0 Å². The predicted molar refractivity (Wildman–Crippen MR) is 57.0 cm³/mol. The molecule has 0 aromatic heterocycles. The third-order valence-corrected chi connectivity index (χ3v) is 1.96. The van der Waals surface area contributed by atoms with Crippen LogP contribution in [-0.4, -0.2) is 29.1 Å². The fourth-order valence-corrected chi connectivity index (χ4v) is 1.15. The molecular formula is C11H17NO4. The average molecular weight is 227 g/mol. The number of hydrogen-bond acceptors (Lipinski definition) is 4. The number of amides is 1. The molecule has 1 saturated heterocycles. The van der Waals surface area contributed by atoms with Gasteiger partial charge in [0.1, 0.15) is 6.61 Å². The molecule has 0 aromatic carbocycles. The van der Waals surface area contributed by atoms with Crippen molar-refractivity contribution in [3.63, 3.8) is 0 Å². The molecule has 0 saturated carbocycles. The Kier molecular flexibility index (Phi) is 3.70. The van der Waals surface area contributed by atoms with Gasteiger partial charge in [0.25, 0.3) is 5.91 Å². The first kappa shape index (κ1) is 12.7. The van der Waals surface area contributed by atoms with Crippen molar-refractivity contribution in [2.24, 2.45) is 0 Å². The molecule has 1 rings (SSSR count). The molecule has 1 fully saturated rings. The van der Waals surface area contributed by atoms with Crippen molar-refractivity contribution in [3.8, 4) is 0 Å². The normalized spacial score (nSPS) is 16.8. The van der Waals surface area contributed by atoms with Gasteiger partial charge in [-0.2, -0.15) is 0 Å². The lowest BCUT2D eigenvalue weighted by molar-refractivity contribution is -0.193. The SMILES string of the molecule is C=C1CCC(=O)N1OC(=O)COC(C)(C)C. The molecule has 0 atom stereocenters. The van der Waals surface area contributed by atoms with E-state index in [9.17, 15) is 9.59 Å². The lowest BCUT2D eigenvalue weighted by Crippen LogP contribution is -2.31. The molecule has 0 aromatic rings. The highest BCUT2D eigenvalue weighted by Crippen LogP contribution is 2.20. The molecule has 5 heteroatoms. The van der Waals surface area contributed by atoms with Crippen molar-refractivity contribution >= 4 is 11.9 Å². The van der Waals surface area contributed by atoms with Crippen LogP contribution >= 0.6 is 0 Å². The summed E-state index contributed by atoms with van der Waals surface area (Å²) in [6.07, 6.45) is 0.873. The second kappa shape index (κ2) is 4.65. The Labute approximate surface area is 95.0 Å². The molecule has 1 amide bonds. The van der Waals surface area contributed by atoms with E-state index in [4.69, 9.17) is 9.57 Å². The van der Waals surface area contributed by atoms with Gasteiger partial charge in [0, 0.05) is 6.42 Å². The number of carbonyl (C=O) groups excluding carboxylic acids is 2. The van der Waals surface area contributed by atoms with E-state index in [1.807, 2.05) is 20.8 Å². The van der Waals surface area contributed by atoms with Crippen LogP contribution in [0.25, 0.3) is 0 Å². The topological polar surface area (TPSA) is 55.8 Å². The second-order valence-electron chi connectivity index (χ2n) is 4.62. The Morgan fingerprint density at radius 3 is 2.50 bits per heavy atom. The lowest BCUT2D eigenvalue weighted by atomic mass is 10.2. The summed E-state index contributed by atoms with van der Waals surface area (Å²) >= 11 is 0. The maximum atomic E-state index is 11.4. The minimum Gasteiger partial charge on any atom is -0.364 e. The predicted octanol–water partition coefficient (Wildman–Crippen LogP) is 1.40. The van der Waals surface area contributed by atoms with Crippen LogP contribution < -0.4 is 0 Å². The van der Waals surface area contributed by atoms with Crippen molar-refractivity contribution < 1.29 is 19.2 Å². The van der Waals surface area contributed by atoms with E-state index < -0.39 is 11.6 Å². The van der Waals surface area contributed by atoms with Gasteiger partial charge in [0.05, 0.1) is 11.3 Å². The van der Waals surface area contributed by atoms with E-state index >= 15 is 0 Å². The van der Waals surface area contributed by atoms with E-state index in [1.54, 1.807) is 0 Å². The van der Waals surface area contributed by atoms with Gasteiger partial charge in [-0.15, -0.1) is 5.06 Å². The number of rotatable bonds is 3. The summed E-state index contributed by atoms with van der Waals surface area (Å²) in [4.78, 5) is 27.5. The summed E-state index contributed by atoms with van der Waals surface area (Å²) in [6, 6.07) is 0. The molecule has 0 radical (unpaired) electrons. The van der Waals surface area contributed by atoms with Crippen LogP contribution in [0.15, 0.2) is 12.3 Å². The molecular weight excluding hydrogens is 210 g/mol. The summed E-state index contributed by atoms with van der Waals surface area (Å²) in [7, 11) is 0. The zero-order valence-electron chi connectivity index (χ0n) is 9.91. The Balaban J connectivity index is 2.40. The minimum atomic E-state index is -0.591. The van der Waals surface area contributed by atoms with Crippen LogP contribution in [0.2, 0.25) is 0 Å². The molecule has 0 aliphatic carbocycles. The van der Waals surface area contributed by atoms with Crippen LogP contribution in [0.5, 0.6) is 0 Å². The first-order valence-corrected chi connectivity index (χ1v) is 5.15. The maximum absolute atomic E-state index is 11.4. The van der Waals surface area contributed by atoms with Gasteiger partial charge in [0.2, 0.25) is 0 Å². The zero-order chi connectivity index (χ0) is 12.3. The fourth-order valence-electron chi connectivity index (χ4n) is 1.15. The zero-order valence-corrected chi connectivity index (χ0v) is 9.91. The quantitative estimate of drug-likeness (QED) is 0.731. The first-order valence-electron chi connectivity index (χ1n) is 5.15. The van der Waals surface area contributed by atoms with E-state index in [1.165, 1.54) is 0 Å². The highest BCUT2D eigenvalue weighted by Gasteiger charge is 2.28. The van der Waals surface area contributed by atoms with Crippen molar-refractivity contribution in [2.45, 2.75) is 39.2 Å². The van der Waals surface area contributed by atoms with E-state index in [0.717, 1.165) is 5.06 Å². The highest BCUT2D eigenvalue weighted by atomic mass is 16.7. The van der Waals surface area contributed by atoms with Gasteiger partial charge in [-0.25, -0.2) is 4.79 Å². The van der Waals surface area contributed by atoms with Crippen molar-refractivity contribution in [3.05, 3.63) is 12.3 Å². The number of hydroxylamine groups is 2. The van der Waals surface area contributed by atoms with Gasteiger partial charge in [-0.1, -0.05) is 6.58 Å². The molecule has 0 N–H and O–H groups in total. The second-order valence-corrected chi connectivity index (χ2v) is 4.62. The number of hydrogen-bond donors (Lipinski definition) is 0. The summed E-state index contributed by atoms with van der Waals surface area (Å²) in [5, 5.41) is 0.953. The van der Waals surface area contributed by atoms with E-state index in [2.05, 4.69) is 6.58 Å². The minimum absolute atomic E-state index is 0.180. The van der Waals surface area contributed by atoms with Crippen LogP contribution in [0.1, 0.15) is 33.6 Å². The molecule has 1 aliphatic heterocycles. The third-order valence-electron chi connectivity index (χ3n) is 1.96. The third kappa shape index (κ3) is 3.66. The van der Waals surface area contributed by atoms with E-state index in [-0.39, 0.29) is 12.5 Å². The molecule has 0 spiro atoms. The van der Waals surface area contributed by atoms with Crippen LogP contribution in [-0.2, 0) is 19.2 Å². The Bertz CT molecular complexity index is 300. The smallest absolute Gasteiger partial charge is 0.358 e. The molecule has 5 nitrogen and oxygen atoms in total. The molecule has 1 heterocycles. The van der Waals surface area contributed by atoms with Gasteiger partial charge in [-0.05, 0) is 27.2 Å². The van der Waals surface area contributed by atoms with Crippen molar-refractivity contribution in [1.82, 2.24) is 5.06 Å². The number of carbonyl (C=O) groups is 2. The highest BCUT2D eigenvalue weighted by molar-refractivity contribution is 5.82. The van der Waals surface area contributed by atoms with Crippen molar-refractivity contribution in [2.75, 3.05) is 6.61 Å². The monoisotopic (exact) mass is 227 g/mol. The Morgan fingerprint density at radius 2 is 2.06 bits per heavy atom. The molecule has 90 valence electrons. The fraction of sp³-hybridized carbons (Fsp3) is 0.636. The van der Waals surface area contributed by atoms with Crippen LogP contribution in [0.3, 0.4) is 0 Å². The molecule has 1 aliphatic rings. The number of nitrogens with zero attached hydrogens (tertiary/aromatic N) is 1. The van der Waals surface area contributed by atoms with Crippen molar-refractivity contribution in [1.29, 1.82) is 0 Å². The molecule has 0 bridgehead atoms. The number of allylic oxidation sites excluding steroid dienone is 1. The number of ether oxygens (including phenoxy) is 1. The lowest BCUT2D eigenvalue weighted by Gasteiger charge is -2.20.